The number of aryl methyl sites for hydroxylation is 1. The summed E-state index contributed by atoms with van der Waals surface area (Å²) in [6.45, 7) is 1.12. The average molecular weight is 224 g/mol. The van der Waals surface area contributed by atoms with Crippen LogP contribution in [0.4, 0.5) is 0 Å². The standard InChI is InChI=1S/C10H16N4O2/c1-14-7-8(12-13-14)6-9(15)10(11)2-4-16-5-3-10/h7H,2-6,11H2,1H3. The van der Waals surface area contributed by atoms with Crippen LogP contribution in [0.5, 0.6) is 0 Å². The fraction of sp³-hybridized carbons (Fsp3) is 0.700. The Kier molecular flexibility index (Phi) is 3.02. The molecule has 0 unspecified atom stereocenters. The van der Waals surface area contributed by atoms with Gasteiger partial charge in [-0.25, -0.2) is 0 Å². The predicted octanol–water partition coefficient (Wildman–Crippen LogP) is -0.565. The van der Waals surface area contributed by atoms with E-state index in [1.54, 1.807) is 17.9 Å². The van der Waals surface area contributed by atoms with Crippen molar-refractivity contribution in [1.29, 1.82) is 0 Å². The summed E-state index contributed by atoms with van der Waals surface area (Å²) in [7, 11) is 1.77. The van der Waals surface area contributed by atoms with Gasteiger partial charge in [-0.05, 0) is 12.8 Å². The van der Waals surface area contributed by atoms with E-state index < -0.39 is 5.54 Å². The van der Waals surface area contributed by atoms with E-state index in [4.69, 9.17) is 10.5 Å². The van der Waals surface area contributed by atoms with E-state index in [2.05, 4.69) is 10.3 Å². The number of carbonyl (C=O) groups is 1. The molecule has 1 saturated heterocycles. The van der Waals surface area contributed by atoms with Gasteiger partial charge in [0.2, 0.25) is 0 Å². The van der Waals surface area contributed by atoms with Crippen LogP contribution >= 0.6 is 0 Å². The second kappa shape index (κ2) is 4.31. The van der Waals surface area contributed by atoms with Crippen LogP contribution in [0.3, 0.4) is 0 Å². The molecule has 16 heavy (non-hydrogen) atoms. The van der Waals surface area contributed by atoms with Crippen molar-refractivity contribution >= 4 is 5.78 Å². The third-order valence-electron chi connectivity index (χ3n) is 2.93. The Morgan fingerprint density at radius 2 is 2.31 bits per heavy atom. The van der Waals surface area contributed by atoms with E-state index in [0.29, 0.717) is 31.7 Å². The largest absolute Gasteiger partial charge is 0.381 e. The first-order valence-corrected chi connectivity index (χ1v) is 5.35. The molecule has 0 amide bonds. The predicted molar refractivity (Wildman–Crippen MR) is 56.7 cm³/mol. The van der Waals surface area contributed by atoms with Gasteiger partial charge >= 0.3 is 0 Å². The SMILES string of the molecule is Cn1cc(CC(=O)C2(N)CCOCC2)nn1. The van der Waals surface area contributed by atoms with Gasteiger partial charge < -0.3 is 10.5 Å². The quantitative estimate of drug-likeness (QED) is 0.743. The minimum atomic E-state index is -0.740. The lowest BCUT2D eigenvalue weighted by atomic mass is 9.85. The Labute approximate surface area is 93.8 Å². The molecule has 0 aliphatic carbocycles. The first-order chi connectivity index (χ1) is 7.60. The van der Waals surface area contributed by atoms with Crippen LogP contribution in [0, 0.1) is 0 Å². The van der Waals surface area contributed by atoms with Crippen molar-refractivity contribution < 1.29 is 9.53 Å². The van der Waals surface area contributed by atoms with Crippen molar-refractivity contribution in [2.24, 2.45) is 12.8 Å². The van der Waals surface area contributed by atoms with Crippen molar-refractivity contribution in [1.82, 2.24) is 15.0 Å². The highest BCUT2D eigenvalue weighted by molar-refractivity contribution is 5.89. The van der Waals surface area contributed by atoms with Gasteiger partial charge in [-0.2, -0.15) is 0 Å². The zero-order valence-corrected chi connectivity index (χ0v) is 9.35. The number of carbonyl (C=O) groups excluding carboxylic acids is 1. The molecule has 0 bridgehead atoms. The lowest BCUT2D eigenvalue weighted by molar-refractivity contribution is -0.126. The number of hydrogen-bond acceptors (Lipinski definition) is 5. The van der Waals surface area contributed by atoms with Crippen LogP contribution in [0.2, 0.25) is 0 Å². The normalized spacial score (nSPS) is 19.6. The Balaban J connectivity index is 2.01. The fourth-order valence-corrected chi connectivity index (χ4v) is 1.83. The Morgan fingerprint density at radius 3 is 2.88 bits per heavy atom. The Hall–Kier alpha value is -1.27. The molecule has 1 aromatic heterocycles. The molecule has 1 aliphatic heterocycles. The number of nitrogens with two attached hydrogens (primary N) is 1. The first-order valence-electron chi connectivity index (χ1n) is 5.35. The van der Waals surface area contributed by atoms with Crippen molar-refractivity contribution in [3.8, 4) is 0 Å². The minimum Gasteiger partial charge on any atom is -0.381 e. The lowest BCUT2D eigenvalue weighted by Gasteiger charge is -2.31. The van der Waals surface area contributed by atoms with Gasteiger partial charge in [0.25, 0.3) is 0 Å². The monoisotopic (exact) mass is 224 g/mol. The summed E-state index contributed by atoms with van der Waals surface area (Å²) < 4.78 is 6.78. The number of nitrogens with zero attached hydrogens (tertiary/aromatic N) is 3. The highest BCUT2D eigenvalue weighted by Crippen LogP contribution is 2.20. The van der Waals surface area contributed by atoms with E-state index in [1.165, 1.54) is 0 Å². The van der Waals surface area contributed by atoms with E-state index in [0.717, 1.165) is 0 Å². The maximum Gasteiger partial charge on any atom is 0.158 e. The number of Topliss-reactive ketones (excluding diaryl/α,β-unsaturated/α-hetero) is 1. The average Bonchev–Trinajstić information content (AvgIpc) is 2.65. The molecule has 1 aliphatic rings. The summed E-state index contributed by atoms with van der Waals surface area (Å²) in [5, 5.41) is 7.67. The van der Waals surface area contributed by atoms with Crippen LogP contribution in [0.1, 0.15) is 18.5 Å². The molecule has 0 aromatic carbocycles. The number of ketones is 1. The third-order valence-corrected chi connectivity index (χ3v) is 2.93. The molecule has 1 fully saturated rings. The topological polar surface area (TPSA) is 83.0 Å². The smallest absolute Gasteiger partial charge is 0.158 e. The molecule has 6 nitrogen and oxygen atoms in total. The summed E-state index contributed by atoms with van der Waals surface area (Å²) in [5.74, 6) is 0.0244. The zero-order chi connectivity index (χ0) is 11.6. The number of ether oxygens (including phenoxy) is 1. The van der Waals surface area contributed by atoms with E-state index >= 15 is 0 Å². The molecule has 6 heteroatoms. The van der Waals surface area contributed by atoms with E-state index in [9.17, 15) is 4.79 Å². The molecule has 2 heterocycles. The van der Waals surface area contributed by atoms with Gasteiger partial charge in [-0.15, -0.1) is 5.10 Å². The number of hydrogen-bond donors (Lipinski definition) is 1. The Bertz CT molecular complexity index is 382. The summed E-state index contributed by atoms with van der Waals surface area (Å²) in [6, 6.07) is 0. The highest BCUT2D eigenvalue weighted by atomic mass is 16.5. The molecule has 0 saturated carbocycles. The van der Waals surface area contributed by atoms with Gasteiger partial charge in [0.1, 0.15) is 0 Å². The molecule has 0 atom stereocenters. The second-order valence-electron chi connectivity index (χ2n) is 4.25. The van der Waals surface area contributed by atoms with Crippen LogP contribution in [-0.2, 0) is 23.0 Å². The summed E-state index contributed by atoms with van der Waals surface area (Å²) >= 11 is 0. The molecule has 1 aromatic rings. The van der Waals surface area contributed by atoms with Crippen molar-refractivity contribution in [2.75, 3.05) is 13.2 Å². The number of rotatable bonds is 3. The number of aromatic nitrogens is 3. The lowest BCUT2D eigenvalue weighted by Crippen LogP contribution is -2.52. The zero-order valence-electron chi connectivity index (χ0n) is 9.35. The second-order valence-corrected chi connectivity index (χ2v) is 4.25. The summed E-state index contributed by atoms with van der Waals surface area (Å²) in [6.07, 6.45) is 3.17. The maximum absolute atomic E-state index is 12.0. The van der Waals surface area contributed by atoms with Crippen LogP contribution in [0.25, 0.3) is 0 Å². The molecule has 0 spiro atoms. The van der Waals surface area contributed by atoms with Crippen LogP contribution < -0.4 is 5.73 Å². The third kappa shape index (κ3) is 2.28. The molecule has 0 radical (unpaired) electrons. The Morgan fingerprint density at radius 1 is 1.62 bits per heavy atom. The van der Waals surface area contributed by atoms with Crippen LogP contribution in [0.15, 0.2) is 6.20 Å². The van der Waals surface area contributed by atoms with Gasteiger partial charge in [-0.1, -0.05) is 5.21 Å². The van der Waals surface area contributed by atoms with Gasteiger partial charge in [0.15, 0.2) is 5.78 Å². The maximum atomic E-state index is 12.0. The van der Waals surface area contributed by atoms with Gasteiger partial charge in [0.05, 0.1) is 17.7 Å². The van der Waals surface area contributed by atoms with Gasteiger partial charge in [-0.3, -0.25) is 9.48 Å². The summed E-state index contributed by atoms with van der Waals surface area (Å²) in [4.78, 5) is 12.0. The highest BCUT2D eigenvalue weighted by Gasteiger charge is 2.35. The fourth-order valence-electron chi connectivity index (χ4n) is 1.83. The molecule has 2 rings (SSSR count). The van der Waals surface area contributed by atoms with Crippen molar-refractivity contribution in [3.05, 3.63) is 11.9 Å². The van der Waals surface area contributed by atoms with E-state index in [-0.39, 0.29) is 12.2 Å². The van der Waals surface area contributed by atoms with Crippen molar-refractivity contribution in [2.45, 2.75) is 24.8 Å². The molecular weight excluding hydrogens is 208 g/mol. The molecule has 2 N–H and O–H groups in total. The molecular formula is C10H16N4O2. The van der Waals surface area contributed by atoms with Crippen molar-refractivity contribution in [3.63, 3.8) is 0 Å². The van der Waals surface area contributed by atoms with Gasteiger partial charge in [0, 0.05) is 26.5 Å². The van der Waals surface area contributed by atoms with Crippen LogP contribution in [-0.4, -0.2) is 39.5 Å². The first kappa shape index (κ1) is 11.2. The molecule has 88 valence electrons. The summed E-state index contributed by atoms with van der Waals surface area (Å²) in [5.41, 5.74) is 6.00. The minimum absolute atomic E-state index is 0.0244. The van der Waals surface area contributed by atoms with E-state index in [1.807, 2.05) is 0 Å².